The summed E-state index contributed by atoms with van der Waals surface area (Å²) < 4.78 is 0. The Hall–Kier alpha value is -0.550. The Labute approximate surface area is 112 Å². The third kappa shape index (κ3) is 2.88. The zero-order valence-corrected chi connectivity index (χ0v) is 12.0. The average Bonchev–Trinajstić information content (AvgIpc) is 2.40. The summed E-state index contributed by atoms with van der Waals surface area (Å²) in [5, 5.41) is 13.6. The van der Waals surface area contributed by atoms with Gasteiger partial charge in [-0.25, -0.2) is 0 Å². The van der Waals surface area contributed by atoms with E-state index in [0.29, 0.717) is 17.9 Å². The van der Waals surface area contributed by atoms with Gasteiger partial charge in [0, 0.05) is 6.04 Å². The van der Waals surface area contributed by atoms with Gasteiger partial charge in [-0.05, 0) is 37.5 Å². The normalized spacial score (nSPS) is 34.4. The second-order valence-electron chi connectivity index (χ2n) is 6.66. The minimum atomic E-state index is -0.228. The number of hydrogen-bond acceptors (Lipinski definition) is 2. The first-order valence-electron chi connectivity index (χ1n) is 7.87. The Balaban J connectivity index is 2.09. The van der Waals surface area contributed by atoms with Gasteiger partial charge >= 0.3 is 0 Å². The van der Waals surface area contributed by atoms with Crippen LogP contribution in [0.25, 0.3) is 0 Å². The van der Waals surface area contributed by atoms with Gasteiger partial charge in [0.2, 0.25) is 0 Å². The lowest BCUT2D eigenvalue weighted by molar-refractivity contribution is 0.127. The Kier molecular flexibility index (Phi) is 4.67. The molecule has 18 heavy (non-hydrogen) atoms. The summed E-state index contributed by atoms with van der Waals surface area (Å²) in [5.74, 6) is 1.15. The molecule has 2 saturated carbocycles. The van der Waals surface area contributed by atoms with Gasteiger partial charge in [-0.15, -0.1) is 0 Å². The highest BCUT2D eigenvalue weighted by Crippen LogP contribution is 2.39. The van der Waals surface area contributed by atoms with Crippen LogP contribution < -0.4 is 5.32 Å². The molecule has 0 aromatic carbocycles. The molecule has 0 aromatic heterocycles. The second-order valence-corrected chi connectivity index (χ2v) is 6.66. The molecule has 2 nitrogen and oxygen atoms in total. The maximum absolute atomic E-state index is 9.78. The predicted octanol–water partition coefficient (Wildman–Crippen LogP) is 4.02. The summed E-state index contributed by atoms with van der Waals surface area (Å²) >= 11 is 0. The molecule has 2 unspecified atom stereocenters. The number of rotatable bonds is 3. The van der Waals surface area contributed by atoms with E-state index < -0.39 is 0 Å². The zero-order chi connectivity index (χ0) is 13.0. The van der Waals surface area contributed by atoms with E-state index >= 15 is 0 Å². The molecule has 2 fully saturated rings. The molecule has 0 aromatic rings. The van der Waals surface area contributed by atoms with Crippen LogP contribution in [-0.2, 0) is 0 Å². The monoisotopic (exact) mass is 248 g/mol. The van der Waals surface area contributed by atoms with Crippen molar-refractivity contribution in [2.45, 2.75) is 83.2 Å². The maximum atomic E-state index is 9.78. The van der Waals surface area contributed by atoms with E-state index in [-0.39, 0.29) is 5.54 Å². The molecule has 0 saturated heterocycles. The van der Waals surface area contributed by atoms with Crippen LogP contribution in [0.2, 0.25) is 0 Å². The molecule has 2 atom stereocenters. The Morgan fingerprint density at radius 1 is 1.06 bits per heavy atom. The van der Waals surface area contributed by atoms with Crippen molar-refractivity contribution in [3.05, 3.63) is 0 Å². The van der Waals surface area contributed by atoms with Gasteiger partial charge in [0.25, 0.3) is 0 Å². The second kappa shape index (κ2) is 6.06. The summed E-state index contributed by atoms with van der Waals surface area (Å²) in [6, 6.07) is 3.28. The van der Waals surface area contributed by atoms with Gasteiger partial charge in [-0.3, -0.25) is 5.32 Å². The van der Waals surface area contributed by atoms with Crippen molar-refractivity contribution >= 4 is 0 Å². The van der Waals surface area contributed by atoms with Gasteiger partial charge in [0.1, 0.15) is 5.54 Å². The van der Waals surface area contributed by atoms with Crippen LogP contribution in [0.15, 0.2) is 0 Å². The largest absolute Gasteiger partial charge is 0.296 e. The SMILES string of the molecule is CC(C)C1CCCCC1(C#N)NC1CCCCC1. The highest BCUT2D eigenvalue weighted by atomic mass is 15.0. The summed E-state index contributed by atoms with van der Waals surface area (Å²) in [6.07, 6.45) is 11.4. The third-order valence-corrected chi connectivity index (χ3v) is 5.04. The molecular weight excluding hydrogens is 220 g/mol. The molecule has 2 heteroatoms. The van der Waals surface area contributed by atoms with Crippen LogP contribution in [0.4, 0.5) is 0 Å². The quantitative estimate of drug-likeness (QED) is 0.819. The van der Waals surface area contributed by atoms with Crippen molar-refractivity contribution in [3.8, 4) is 6.07 Å². The minimum absolute atomic E-state index is 0.228. The minimum Gasteiger partial charge on any atom is -0.296 e. The third-order valence-electron chi connectivity index (χ3n) is 5.04. The Morgan fingerprint density at radius 2 is 1.72 bits per heavy atom. The molecule has 0 spiro atoms. The highest BCUT2D eigenvalue weighted by Gasteiger charge is 2.43. The first kappa shape index (κ1) is 13.9. The topological polar surface area (TPSA) is 35.8 Å². The fraction of sp³-hybridized carbons (Fsp3) is 0.938. The van der Waals surface area contributed by atoms with Gasteiger partial charge in [-0.1, -0.05) is 46.0 Å². The van der Waals surface area contributed by atoms with Gasteiger partial charge in [-0.2, -0.15) is 5.26 Å². The summed E-state index contributed by atoms with van der Waals surface area (Å²) in [7, 11) is 0. The van der Waals surface area contributed by atoms with Crippen LogP contribution in [0, 0.1) is 23.2 Å². The van der Waals surface area contributed by atoms with E-state index in [1.54, 1.807) is 0 Å². The molecule has 102 valence electrons. The van der Waals surface area contributed by atoms with Crippen LogP contribution >= 0.6 is 0 Å². The Bertz CT molecular complexity index is 299. The van der Waals surface area contributed by atoms with Crippen LogP contribution in [0.3, 0.4) is 0 Å². The van der Waals surface area contributed by atoms with E-state index in [9.17, 15) is 5.26 Å². The molecule has 0 amide bonds. The van der Waals surface area contributed by atoms with Gasteiger partial charge < -0.3 is 0 Å². The lowest BCUT2D eigenvalue weighted by atomic mass is 9.68. The fourth-order valence-corrected chi connectivity index (χ4v) is 4.06. The van der Waals surface area contributed by atoms with Crippen molar-refractivity contribution in [2.24, 2.45) is 11.8 Å². The smallest absolute Gasteiger partial charge is 0.110 e. The molecule has 2 rings (SSSR count). The lowest BCUT2D eigenvalue weighted by Crippen LogP contribution is -2.57. The molecule has 2 aliphatic carbocycles. The molecule has 0 aliphatic heterocycles. The summed E-state index contributed by atoms with van der Waals surface area (Å²) in [5.41, 5.74) is -0.228. The fourth-order valence-electron chi connectivity index (χ4n) is 4.06. The van der Waals surface area contributed by atoms with Crippen LogP contribution in [0.5, 0.6) is 0 Å². The molecule has 0 heterocycles. The van der Waals surface area contributed by atoms with E-state index in [0.717, 1.165) is 6.42 Å². The first-order valence-corrected chi connectivity index (χ1v) is 7.87. The van der Waals surface area contributed by atoms with Crippen molar-refractivity contribution in [2.75, 3.05) is 0 Å². The lowest BCUT2D eigenvalue weighted by Gasteiger charge is -2.44. The number of nitrogens with zero attached hydrogens (tertiary/aromatic N) is 1. The van der Waals surface area contributed by atoms with E-state index in [1.807, 2.05) is 0 Å². The molecule has 0 radical (unpaired) electrons. The van der Waals surface area contributed by atoms with E-state index in [1.165, 1.54) is 51.4 Å². The zero-order valence-electron chi connectivity index (χ0n) is 12.0. The average molecular weight is 248 g/mol. The van der Waals surface area contributed by atoms with Crippen LogP contribution in [0.1, 0.15) is 71.6 Å². The number of hydrogen-bond donors (Lipinski definition) is 1. The maximum Gasteiger partial charge on any atom is 0.110 e. The standard InChI is InChI=1S/C16H28N2/c1-13(2)15-10-6-7-11-16(15,12-17)18-14-8-4-3-5-9-14/h13-15,18H,3-11H2,1-2H3. The molecule has 1 N–H and O–H groups in total. The molecular formula is C16H28N2. The number of nitriles is 1. The van der Waals surface area contributed by atoms with Crippen molar-refractivity contribution < 1.29 is 0 Å². The molecule has 0 bridgehead atoms. The van der Waals surface area contributed by atoms with Gasteiger partial charge in [0.05, 0.1) is 6.07 Å². The molecule has 2 aliphatic rings. The Morgan fingerprint density at radius 3 is 2.33 bits per heavy atom. The van der Waals surface area contributed by atoms with Gasteiger partial charge in [0.15, 0.2) is 0 Å². The van der Waals surface area contributed by atoms with E-state index in [2.05, 4.69) is 25.2 Å². The summed E-state index contributed by atoms with van der Waals surface area (Å²) in [6.45, 7) is 4.56. The predicted molar refractivity (Wildman–Crippen MR) is 75.1 cm³/mol. The summed E-state index contributed by atoms with van der Waals surface area (Å²) in [4.78, 5) is 0. The van der Waals surface area contributed by atoms with Crippen molar-refractivity contribution in [1.82, 2.24) is 5.32 Å². The number of nitrogens with one attached hydrogen (secondary N) is 1. The van der Waals surface area contributed by atoms with Crippen molar-refractivity contribution in [3.63, 3.8) is 0 Å². The van der Waals surface area contributed by atoms with E-state index in [4.69, 9.17) is 0 Å². The highest BCUT2D eigenvalue weighted by molar-refractivity contribution is 5.14. The van der Waals surface area contributed by atoms with Crippen molar-refractivity contribution in [1.29, 1.82) is 5.26 Å². The van der Waals surface area contributed by atoms with Crippen LogP contribution in [-0.4, -0.2) is 11.6 Å². The first-order chi connectivity index (χ1) is 8.68.